The Labute approximate surface area is 122 Å². The van der Waals surface area contributed by atoms with E-state index in [0.29, 0.717) is 12.2 Å². The number of esters is 1. The van der Waals surface area contributed by atoms with E-state index < -0.39 is 0 Å². The molecule has 0 bridgehead atoms. The highest BCUT2D eigenvalue weighted by molar-refractivity contribution is 9.10. The van der Waals surface area contributed by atoms with E-state index >= 15 is 0 Å². The van der Waals surface area contributed by atoms with E-state index in [1.165, 1.54) is 0 Å². The fourth-order valence-corrected chi connectivity index (χ4v) is 2.10. The number of hydrogen-bond donors (Lipinski definition) is 0. The van der Waals surface area contributed by atoms with Crippen molar-refractivity contribution in [2.24, 2.45) is 0 Å². The first-order valence-electron chi connectivity index (χ1n) is 6.11. The van der Waals surface area contributed by atoms with Crippen molar-refractivity contribution in [2.75, 3.05) is 18.1 Å². The third kappa shape index (κ3) is 4.25. The maximum Gasteiger partial charge on any atom is 0.325 e. The lowest BCUT2D eigenvalue weighted by Gasteiger charge is -2.28. The van der Waals surface area contributed by atoms with Gasteiger partial charge in [0.25, 0.3) is 0 Å². The number of rotatable bonds is 5. The Kier molecular flexibility index (Phi) is 5.84. The Morgan fingerprint density at radius 2 is 2.21 bits per heavy atom. The van der Waals surface area contributed by atoms with Crippen LogP contribution in [0.15, 0.2) is 22.7 Å². The molecule has 1 aromatic rings. The number of carbonyl (C=O) groups is 1. The molecule has 0 heterocycles. The predicted octanol–water partition coefficient (Wildman–Crippen LogP) is 3.10. The third-order valence-corrected chi connectivity index (χ3v) is 3.11. The van der Waals surface area contributed by atoms with E-state index in [4.69, 9.17) is 4.74 Å². The Balaban J connectivity index is 3.06. The fourth-order valence-electron chi connectivity index (χ4n) is 1.74. The van der Waals surface area contributed by atoms with Gasteiger partial charge in [0.1, 0.15) is 12.6 Å². The molecular weight excluding hydrogens is 308 g/mol. The van der Waals surface area contributed by atoms with E-state index in [1.54, 1.807) is 13.0 Å². The van der Waals surface area contributed by atoms with Crippen molar-refractivity contribution in [3.05, 3.63) is 28.2 Å². The zero-order chi connectivity index (χ0) is 14.4. The molecule has 0 spiro atoms. The summed E-state index contributed by atoms with van der Waals surface area (Å²) >= 11 is 3.34. The summed E-state index contributed by atoms with van der Waals surface area (Å²) in [7, 11) is 0. The monoisotopic (exact) mass is 324 g/mol. The second kappa shape index (κ2) is 7.15. The van der Waals surface area contributed by atoms with Gasteiger partial charge in [0.05, 0.1) is 17.9 Å². The van der Waals surface area contributed by atoms with Gasteiger partial charge in [0.15, 0.2) is 0 Å². The van der Waals surface area contributed by atoms with E-state index in [0.717, 1.165) is 10.2 Å². The SMILES string of the molecule is CCOC(=O)CN(c1ccc(Br)cc1C#N)C(C)C. The van der Waals surface area contributed by atoms with Gasteiger partial charge in [0.2, 0.25) is 0 Å². The van der Waals surface area contributed by atoms with Crippen molar-refractivity contribution in [1.82, 2.24) is 0 Å². The summed E-state index contributed by atoms with van der Waals surface area (Å²) in [6.45, 7) is 6.22. The van der Waals surface area contributed by atoms with Gasteiger partial charge in [-0.25, -0.2) is 0 Å². The summed E-state index contributed by atoms with van der Waals surface area (Å²) in [6, 6.07) is 7.69. The molecule has 5 heteroatoms. The molecule has 19 heavy (non-hydrogen) atoms. The molecular formula is C14H17BrN2O2. The molecule has 0 aliphatic carbocycles. The van der Waals surface area contributed by atoms with Crippen molar-refractivity contribution in [2.45, 2.75) is 26.8 Å². The van der Waals surface area contributed by atoms with Gasteiger partial charge < -0.3 is 9.64 Å². The van der Waals surface area contributed by atoms with Gasteiger partial charge in [-0.05, 0) is 39.0 Å². The van der Waals surface area contributed by atoms with Crippen molar-refractivity contribution in [1.29, 1.82) is 5.26 Å². The predicted molar refractivity (Wildman–Crippen MR) is 78.0 cm³/mol. The topological polar surface area (TPSA) is 53.3 Å². The summed E-state index contributed by atoms with van der Waals surface area (Å²) in [6.07, 6.45) is 0. The van der Waals surface area contributed by atoms with Crippen molar-refractivity contribution >= 4 is 27.6 Å². The largest absolute Gasteiger partial charge is 0.465 e. The van der Waals surface area contributed by atoms with Crippen LogP contribution in [0.1, 0.15) is 26.3 Å². The van der Waals surface area contributed by atoms with E-state index in [2.05, 4.69) is 22.0 Å². The maximum absolute atomic E-state index is 11.6. The van der Waals surface area contributed by atoms with Crippen LogP contribution in [0.25, 0.3) is 0 Å². The molecule has 0 saturated heterocycles. The van der Waals surface area contributed by atoms with Gasteiger partial charge >= 0.3 is 5.97 Å². The first kappa shape index (κ1) is 15.5. The molecule has 0 N–H and O–H groups in total. The lowest BCUT2D eigenvalue weighted by Crippen LogP contribution is -2.37. The highest BCUT2D eigenvalue weighted by atomic mass is 79.9. The van der Waals surface area contributed by atoms with Crippen LogP contribution >= 0.6 is 15.9 Å². The first-order valence-corrected chi connectivity index (χ1v) is 6.90. The van der Waals surface area contributed by atoms with Crippen LogP contribution in [-0.2, 0) is 9.53 Å². The average molecular weight is 325 g/mol. The standard InChI is InChI=1S/C14H17BrN2O2/c1-4-19-14(18)9-17(10(2)3)13-6-5-12(15)7-11(13)8-16/h5-7,10H,4,9H2,1-3H3. The minimum absolute atomic E-state index is 0.0951. The number of nitriles is 1. The molecule has 0 radical (unpaired) electrons. The van der Waals surface area contributed by atoms with Gasteiger partial charge in [-0.2, -0.15) is 5.26 Å². The lowest BCUT2D eigenvalue weighted by atomic mass is 10.1. The molecule has 0 aliphatic heterocycles. The summed E-state index contributed by atoms with van der Waals surface area (Å²) in [5.74, 6) is -0.289. The van der Waals surface area contributed by atoms with Crippen LogP contribution in [0.5, 0.6) is 0 Å². The van der Waals surface area contributed by atoms with Crippen LogP contribution < -0.4 is 4.90 Å². The minimum Gasteiger partial charge on any atom is -0.465 e. The summed E-state index contributed by atoms with van der Waals surface area (Å²) < 4.78 is 5.81. The fraction of sp³-hybridized carbons (Fsp3) is 0.429. The Morgan fingerprint density at radius 1 is 1.53 bits per heavy atom. The first-order chi connectivity index (χ1) is 8.99. The molecule has 0 amide bonds. The zero-order valence-corrected chi connectivity index (χ0v) is 12.9. The van der Waals surface area contributed by atoms with Gasteiger partial charge in [-0.3, -0.25) is 4.79 Å². The third-order valence-electron chi connectivity index (χ3n) is 2.62. The second-order valence-corrected chi connectivity index (χ2v) is 5.22. The zero-order valence-electron chi connectivity index (χ0n) is 11.3. The van der Waals surface area contributed by atoms with Gasteiger partial charge in [0, 0.05) is 10.5 Å². The quantitative estimate of drug-likeness (QED) is 0.781. The van der Waals surface area contributed by atoms with Crippen LogP contribution in [0, 0.1) is 11.3 Å². The average Bonchev–Trinajstić information content (AvgIpc) is 2.36. The second-order valence-electron chi connectivity index (χ2n) is 4.30. The molecule has 1 rings (SSSR count). The normalized spacial score (nSPS) is 10.1. The van der Waals surface area contributed by atoms with Crippen LogP contribution in [-0.4, -0.2) is 25.2 Å². The number of nitrogens with zero attached hydrogens (tertiary/aromatic N) is 2. The maximum atomic E-state index is 11.6. The molecule has 4 nitrogen and oxygen atoms in total. The number of ether oxygens (including phenoxy) is 1. The number of halogens is 1. The number of benzene rings is 1. The van der Waals surface area contributed by atoms with Crippen LogP contribution in [0.4, 0.5) is 5.69 Å². The molecule has 102 valence electrons. The molecule has 0 atom stereocenters. The Hall–Kier alpha value is -1.54. The number of hydrogen-bond acceptors (Lipinski definition) is 4. The smallest absolute Gasteiger partial charge is 0.325 e. The molecule has 0 unspecified atom stereocenters. The molecule has 0 aromatic heterocycles. The van der Waals surface area contributed by atoms with Crippen LogP contribution in [0.3, 0.4) is 0 Å². The molecule has 0 aliphatic rings. The highest BCUT2D eigenvalue weighted by Crippen LogP contribution is 2.25. The van der Waals surface area contributed by atoms with Gasteiger partial charge in [-0.1, -0.05) is 15.9 Å². The summed E-state index contributed by atoms with van der Waals surface area (Å²) in [5, 5.41) is 9.20. The Morgan fingerprint density at radius 3 is 2.74 bits per heavy atom. The molecule has 1 aromatic carbocycles. The molecule has 0 saturated carbocycles. The lowest BCUT2D eigenvalue weighted by molar-refractivity contribution is -0.141. The highest BCUT2D eigenvalue weighted by Gasteiger charge is 2.18. The molecule has 0 fully saturated rings. The van der Waals surface area contributed by atoms with E-state index in [1.807, 2.05) is 30.9 Å². The summed E-state index contributed by atoms with van der Waals surface area (Å²) in [5.41, 5.74) is 1.28. The van der Waals surface area contributed by atoms with Crippen molar-refractivity contribution in [3.63, 3.8) is 0 Å². The number of anilines is 1. The Bertz CT molecular complexity index is 495. The van der Waals surface area contributed by atoms with E-state index in [9.17, 15) is 10.1 Å². The van der Waals surface area contributed by atoms with Crippen molar-refractivity contribution in [3.8, 4) is 6.07 Å². The van der Waals surface area contributed by atoms with Gasteiger partial charge in [-0.15, -0.1) is 0 Å². The number of carbonyl (C=O) groups excluding carboxylic acids is 1. The summed E-state index contributed by atoms with van der Waals surface area (Å²) in [4.78, 5) is 13.5. The minimum atomic E-state index is -0.289. The van der Waals surface area contributed by atoms with Crippen molar-refractivity contribution < 1.29 is 9.53 Å². The van der Waals surface area contributed by atoms with Crippen LogP contribution in [0.2, 0.25) is 0 Å². The van der Waals surface area contributed by atoms with E-state index in [-0.39, 0.29) is 18.6 Å².